The fraction of sp³-hybridized carbons (Fsp3) is 0.839. The molecule has 0 saturated carbocycles. The molecule has 6 nitrogen and oxygen atoms in total. The van der Waals surface area contributed by atoms with Crippen molar-refractivity contribution in [3.63, 3.8) is 0 Å². The van der Waals surface area contributed by atoms with Crippen LogP contribution in [0.15, 0.2) is 48.6 Å². The molecule has 0 aromatic carbocycles. The van der Waals surface area contributed by atoms with Crippen LogP contribution in [0.2, 0.25) is 0 Å². The number of carbonyl (C=O) groups excluding carboxylic acids is 2. The Hall–Kier alpha value is -2.18. The van der Waals surface area contributed by atoms with Crippen molar-refractivity contribution in [2.75, 3.05) is 13.2 Å². The number of aliphatic hydroxyl groups excluding tert-OH is 2. The van der Waals surface area contributed by atoms with Crippen LogP contribution in [-0.2, 0) is 14.3 Å². The second kappa shape index (κ2) is 57.4. The fourth-order valence-electron chi connectivity index (χ4n) is 9.04. The van der Waals surface area contributed by atoms with Gasteiger partial charge in [-0.25, -0.2) is 0 Å². The zero-order valence-electron chi connectivity index (χ0n) is 45.3. The molecule has 1 amide bonds. The quantitative estimate of drug-likeness (QED) is 0.0321. The molecule has 6 heteroatoms. The topological polar surface area (TPSA) is 95.9 Å². The maximum Gasteiger partial charge on any atom is 0.305 e. The highest BCUT2D eigenvalue weighted by Gasteiger charge is 2.20. The third kappa shape index (κ3) is 53.2. The zero-order chi connectivity index (χ0) is 49.3. The summed E-state index contributed by atoms with van der Waals surface area (Å²) in [6, 6.07) is -0.545. The number of unbranched alkanes of at least 4 members (excludes halogenated alkanes) is 36. The molecule has 2 unspecified atom stereocenters. The average Bonchev–Trinajstić information content (AvgIpc) is 3.34. The lowest BCUT2D eigenvalue weighted by Gasteiger charge is -2.22. The molecule has 3 N–H and O–H groups in total. The van der Waals surface area contributed by atoms with Gasteiger partial charge in [0.2, 0.25) is 5.91 Å². The van der Waals surface area contributed by atoms with Crippen molar-refractivity contribution < 1.29 is 24.5 Å². The smallest absolute Gasteiger partial charge is 0.305 e. The summed E-state index contributed by atoms with van der Waals surface area (Å²) in [4.78, 5) is 24.5. The number of hydrogen-bond acceptors (Lipinski definition) is 5. The summed E-state index contributed by atoms with van der Waals surface area (Å²) in [6.45, 7) is 4.82. The van der Waals surface area contributed by atoms with Gasteiger partial charge in [0.15, 0.2) is 0 Å². The van der Waals surface area contributed by atoms with E-state index in [1.807, 2.05) is 0 Å². The summed E-state index contributed by atoms with van der Waals surface area (Å²) in [5, 5.41) is 23.2. The largest absolute Gasteiger partial charge is 0.465 e. The van der Waals surface area contributed by atoms with Crippen LogP contribution in [-0.4, -0.2) is 47.4 Å². The molecule has 0 aromatic rings. The molecule has 0 saturated heterocycles. The van der Waals surface area contributed by atoms with Crippen LogP contribution in [0.4, 0.5) is 0 Å². The first-order valence-electron chi connectivity index (χ1n) is 29.9. The van der Waals surface area contributed by atoms with Gasteiger partial charge in [0, 0.05) is 12.8 Å². The molecule has 0 heterocycles. The maximum atomic E-state index is 12.5. The number of allylic oxidation sites excluding steroid dienone is 7. The number of esters is 1. The van der Waals surface area contributed by atoms with Crippen LogP contribution in [0.3, 0.4) is 0 Å². The molecular weight excluding hydrogens is 839 g/mol. The number of nitrogens with one attached hydrogen (secondary N) is 1. The molecule has 398 valence electrons. The lowest BCUT2D eigenvalue weighted by atomic mass is 10.0. The van der Waals surface area contributed by atoms with Crippen LogP contribution in [0.1, 0.15) is 309 Å². The van der Waals surface area contributed by atoms with Crippen molar-refractivity contribution in [1.82, 2.24) is 5.32 Å². The van der Waals surface area contributed by atoms with Gasteiger partial charge in [0.1, 0.15) is 0 Å². The predicted octanol–water partition coefficient (Wildman–Crippen LogP) is 18.6. The summed E-state index contributed by atoms with van der Waals surface area (Å²) in [7, 11) is 0. The first-order chi connectivity index (χ1) is 33.5. The van der Waals surface area contributed by atoms with E-state index in [4.69, 9.17) is 4.74 Å². The lowest BCUT2D eigenvalue weighted by Crippen LogP contribution is -2.45. The molecule has 0 radical (unpaired) electrons. The molecule has 0 spiro atoms. The van der Waals surface area contributed by atoms with Gasteiger partial charge in [0.05, 0.1) is 25.4 Å². The van der Waals surface area contributed by atoms with E-state index in [9.17, 15) is 19.8 Å². The lowest BCUT2D eigenvalue weighted by molar-refractivity contribution is -0.143. The minimum Gasteiger partial charge on any atom is -0.465 e. The Morgan fingerprint density at radius 3 is 1.13 bits per heavy atom. The monoisotopic (exact) mass is 954 g/mol. The molecule has 0 aromatic heterocycles. The van der Waals surface area contributed by atoms with E-state index in [-0.39, 0.29) is 18.5 Å². The second-order valence-corrected chi connectivity index (χ2v) is 20.3. The maximum absolute atomic E-state index is 12.5. The Balaban J connectivity index is 3.45. The van der Waals surface area contributed by atoms with E-state index in [1.54, 1.807) is 0 Å². The highest BCUT2D eigenvalue weighted by atomic mass is 16.5. The molecule has 0 aliphatic heterocycles. The molecular formula is C62H115NO5. The Labute approximate surface area is 423 Å². The fourth-order valence-corrected chi connectivity index (χ4v) is 9.04. The zero-order valence-corrected chi connectivity index (χ0v) is 45.3. The van der Waals surface area contributed by atoms with Gasteiger partial charge in [-0.05, 0) is 77.0 Å². The van der Waals surface area contributed by atoms with Gasteiger partial charge in [0.25, 0.3) is 0 Å². The van der Waals surface area contributed by atoms with E-state index in [2.05, 4.69) is 67.8 Å². The average molecular weight is 955 g/mol. The Kier molecular flexibility index (Phi) is 55.6. The van der Waals surface area contributed by atoms with Crippen molar-refractivity contribution in [2.45, 2.75) is 321 Å². The number of aliphatic hydroxyl groups is 2. The molecule has 68 heavy (non-hydrogen) atoms. The number of amides is 1. The predicted molar refractivity (Wildman–Crippen MR) is 296 cm³/mol. The molecule has 0 rings (SSSR count). The van der Waals surface area contributed by atoms with E-state index in [1.165, 1.54) is 218 Å². The Morgan fingerprint density at radius 2 is 0.735 bits per heavy atom. The van der Waals surface area contributed by atoms with Gasteiger partial charge >= 0.3 is 5.97 Å². The Morgan fingerprint density at radius 1 is 0.412 bits per heavy atom. The van der Waals surface area contributed by atoms with Crippen LogP contribution < -0.4 is 5.32 Å². The van der Waals surface area contributed by atoms with Crippen LogP contribution >= 0.6 is 0 Å². The molecule has 0 bridgehead atoms. The first kappa shape index (κ1) is 65.8. The van der Waals surface area contributed by atoms with E-state index in [0.29, 0.717) is 25.9 Å². The highest BCUT2D eigenvalue weighted by Crippen LogP contribution is 2.17. The summed E-state index contributed by atoms with van der Waals surface area (Å²) >= 11 is 0. The van der Waals surface area contributed by atoms with Crippen LogP contribution in [0.5, 0.6) is 0 Å². The minimum absolute atomic E-state index is 0.0406. The number of hydrogen-bond donors (Lipinski definition) is 3. The van der Waals surface area contributed by atoms with Crippen molar-refractivity contribution in [1.29, 1.82) is 0 Å². The molecule has 2 atom stereocenters. The van der Waals surface area contributed by atoms with Gasteiger partial charge in [-0.3, -0.25) is 9.59 Å². The summed E-state index contributed by atoms with van der Waals surface area (Å²) in [5.41, 5.74) is 0. The van der Waals surface area contributed by atoms with Crippen LogP contribution in [0.25, 0.3) is 0 Å². The van der Waals surface area contributed by atoms with Crippen LogP contribution in [0, 0.1) is 0 Å². The second-order valence-electron chi connectivity index (χ2n) is 20.3. The van der Waals surface area contributed by atoms with E-state index >= 15 is 0 Å². The summed E-state index contributed by atoms with van der Waals surface area (Å²) in [5.74, 6) is -0.0835. The molecule has 0 aliphatic rings. The van der Waals surface area contributed by atoms with Gasteiger partial charge in [-0.2, -0.15) is 0 Å². The number of ether oxygens (including phenoxy) is 1. The third-order valence-electron chi connectivity index (χ3n) is 13.6. The molecule has 0 fully saturated rings. The van der Waals surface area contributed by atoms with Gasteiger partial charge < -0.3 is 20.3 Å². The highest BCUT2D eigenvalue weighted by molar-refractivity contribution is 5.76. The standard InChI is InChI=1S/C62H115NO5/c1-3-5-7-9-11-13-15-17-18-19-26-29-32-36-40-44-48-52-56-62(67)68-57-53-49-45-41-37-33-30-27-24-22-20-21-23-25-28-31-35-39-43-47-51-55-61(66)63-59(58-64)60(65)54-50-46-42-38-34-16-14-12-10-8-6-4-2/h13,15,18-19,33,37,45,49,59-60,64-65H,3-12,14,16-17,20-32,34-36,38-44,46-48,50-58H2,1-2H3,(H,63,66)/b15-13-,19-18-,37-33-,49-45-. The Bertz CT molecular complexity index is 1150. The van der Waals surface area contributed by atoms with Crippen molar-refractivity contribution in [3.05, 3.63) is 48.6 Å². The number of carbonyl (C=O) groups is 2. The van der Waals surface area contributed by atoms with E-state index in [0.717, 1.165) is 57.8 Å². The van der Waals surface area contributed by atoms with Crippen molar-refractivity contribution in [2.24, 2.45) is 0 Å². The first-order valence-corrected chi connectivity index (χ1v) is 29.9. The van der Waals surface area contributed by atoms with Gasteiger partial charge in [-0.1, -0.05) is 268 Å². The van der Waals surface area contributed by atoms with E-state index < -0.39 is 12.1 Å². The third-order valence-corrected chi connectivity index (χ3v) is 13.6. The van der Waals surface area contributed by atoms with Crippen molar-refractivity contribution >= 4 is 11.9 Å². The number of rotatable bonds is 55. The minimum atomic E-state index is -0.667. The summed E-state index contributed by atoms with van der Waals surface area (Å²) in [6.07, 6.45) is 72.7. The summed E-state index contributed by atoms with van der Waals surface area (Å²) < 4.78 is 5.42. The SMILES string of the molecule is CCCCCC/C=C\C/C=C\CCCCCCCCCC(=O)OCC/C=C\C/C=C\CCCCCCCCCCCCCCCCC(=O)NC(CO)C(O)CCCCCCCCCCCCCC. The van der Waals surface area contributed by atoms with Gasteiger partial charge in [-0.15, -0.1) is 0 Å². The molecule has 0 aliphatic carbocycles. The van der Waals surface area contributed by atoms with Crippen molar-refractivity contribution in [3.8, 4) is 0 Å². The normalized spacial score (nSPS) is 12.9.